The number of carboxylic acid groups (broad SMARTS) is 1. The fourth-order valence-electron chi connectivity index (χ4n) is 2.56. The van der Waals surface area contributed by atoms with Gasteiger partial charge in [-0.2, -0.15) is 0 Å². The number of likely N-dealkylation sites (tertiary alicyclic amines) is 1. The van der Waals surface area contributed by atoms with Crippen LogP contribution in [-0.4, -0.2) is 46.2 Å². The average molecular weight is 309 g/mol. The monoisotopic (exact) mass is 309 g/mol. The van der Waals surface area contributed by atoms with Crippen molar-refractivity contribution in [2.24, 2.45) is 0 Å². The molecule has 2 atom stereocenters. The Kier molecular flexibility index (Phi) is 5.50. The zero-order valence-electron chi connectivity index (χ0n) is 11.9. The minimum atomic E-state index is -0.879. The molecule has 0 radical (unpaired) electrons. The minimum Gasteiger partial charge on any atom is -0.480 e. The SMILES string of the molecule is CS[C@H](C(=O)O)C1CCCN1C(=O)OCc1ccccc1. The highest BCUT2D eigenvalue weighted by Crippen LogP contribution is 2.27. The summed E-state index contributed by atoms with van der Waals surface area (Å²) in [6.45, 7) is 0.766. The molecule has 1 amide bonds. The molecule has 0 spiro atoms. The first-order valence-corrected chi connectivity index (χ1v) is 8.15. The number of nitrogens with zero attached hydrogens (tertiary/aromatic N) is 1. The van der Waals surface area contributed by atoms with E-state index in [2.05, 4.69) is 0 Å². The molecule has 1 unspecified atom stereocenters. The first-order valence-electron chi connectivity index (χ1n) is 6.86. The molecule has 21 heavy (non-hydrogen) atoms. The molecule has 1 aliphatic heterocycles. The zero-order valence-corrected chi connectivity index (χ0v) is 12.7. The van der Waals surface area contributed by atoms with Crippen molar-refractivity contribution in [1.82, 2.24) is 4.90 Å². The van der Waals surface area contributed by atoms with Crippen LogP contribution in [0.5, 0.6) is 0 Å². The van der Waals surface area contributed by atoms with Gasteiger partial charge >= 0.3 is 12.1 Å². The average Bonchev–Trinajstić information content (AvgIpc) is 2.95. The van der Waals surface area contributed by atoms with Gasteiger partial charge in [0.15, 0.2) is 0 Å². The summed E-state index contributed by atoms with van der Waals surface area (Å²) >= 11 is 1.26. The van der Waals surface area contributed by atoms with Crippen LogP contribution in [0.25, 0.3) is 0 Å². The molecular weight excluding hydrogens is 290 g/mol. The smallest absolute Gasteiger partial charge is 0.410 e. The third kappa shape index (κ3) is 3.91. The molecule has 0 saturated carbocycles. The third-order valence-electron chi connectivity index (χ3n) is 3.59. The first kappa shape index (κ1) is 15.7. The number of thioether (sulfide) groups is 1. The normalized spacial score (nSPS) is 19.3. The lowest BCUT2D eigenvalue weighted by molar-refractivity contribution is -0.137. The Morgan fingerprint density at radius 2 is 2.14 bits per heavy atom. The standard InChI is InChI=1S/C15H19NO4S/c1-21-13(14(17)18)12-8-5-9-16(12)15(19)20-10-11-6-3-2-4-7-11/h2-4,6-7,12-13H,5,8-10H2,1H3,(H,17,18)/t12?,13-/m0/s1. The van der Waals surface area contributed by atoms with Crippen LogP contribution in [0.1, 0.15) is 18.4 Å². The molecule has 1 aromatic carbocycles. The van der Waals surface area contributed by atoms with Crippen molar-refractivity contribution < 1.29 is 19.4 Å². The largest absolute Gasteiger partial charge is 0.480 e. The van der Waals surface area contributed by atoms with Crippen molar-refractivity contribution >= 4 is 23.8 Å². The number of carboxylic acids is 1. The van der Waals surface area contributed by atoms with Crippen molar-refractivity contribution in [3.63, 3.8) is 0 Å². The number of benzene rings is 1. The lowest BCUT2D eigenvalue weighted by Crippen LogP contribution is -2.44. The van der Waals surface area contributed by atoms with E-state index in [-0.39, 0.29) is 12.6 Å². The van der Waals surface area contributed by atoms with Gasteiger partial charge in [-0.15, -0.1) is 11.8 Å². The summed E-state index contributed by atoms with van der Waals surface area (Å²) < 4.78 is 5.30. The van der Waals surface area contributed by atoms with E-state index in [9.17, 15) is 14.7 Å². The molecule has 1 fully saturated rings. The van der Waals surface area contributed by atoms with Gasteiger partial charge in [-0.05, 0) is 24.7 Å². The van der Waals surface area contributed by atoms with E-state index in [4.69, 9.17) is 4.74 Å². The molecule has 1 aromatic rings. The van der Waals surface area contributed by atoms with Crippen LogP contribution in [0, 0.1) is 0 Å². The van der Waals surface area contributed by atoms with Gasteiger partial charge in [0.05, 0.1) is 6.04 Å². The quantitative estimate of drug-likeness (QED) is 0.905. The van der Waals surface area contributed by atoms with Gasteiger partial charge in [0.25, 0.3) is 0 Å². The van der Waals surface area contributed by atoms with Crippen molar-refractivity contribution in [2.75, 3.05) is 12.8 Å². The summed E-state index contributed by atoms with van der Waals surface area (Å²) in [4.78, 5) is 25.0. The van der Waals surface area contributed by atoms with Crippen LogP contribution < -0.4 is 0 Å². The Balaban J connectivity index is 1.96. The van der Waals surface area contributed by atoms with E-state index in [0.29, 0.717) is 13.0 Å². The van der Waals surface area contributed by atoms with Crippen LogP contribution in [0.2, 0.25) is 0 Å². The van der Waals surface area contributed by atoms with E-state index in [1.54, 1.807) is 11.2 Å². The lowest BCUT2D eigenvalue weighted by Gasteiger charge is -2.27. The maximum atomic E-state index is 12.2. The number of rotatable bonds is 5. The van der Waals surface area contributed by atoms with E-state index in [1.165, 1.54) is 11.8 Å². The molecule has 114 valence electrons. The number of ether oxygens (including phenoxy) is 1. The minimum absolute atomic E-state index is 0.208. The number of aliphatic carboxylic acids is 1. The molecule has 0 bridgehead atoms. The Hall–Kier alpha value is -1.69. The highest BCUT2D eigenvalue weighted by atomic mass is 32.2. The first-order chi connectivity index (χ1) is 10.1. The molecular formula is C15H19NO4S. The van der Waals surface area contributed by atoms with E-state index >= 15 is 0 Å². The predicted molar refractivity (Wildman–Crippen MR) is 81.3 cm³/mol. The van der Waals surface area contributed by atoms with Gasteiger partial charge in [-0.25, -0.2) is 4.79 Å². The van der Waals surface area contributed by atoms with Crippen LogP contribution >= 0.6 is 11.8 Å². The molecule has 1 aliphatic rings. The lowest BCUT2D eigenvalue weighted by atomic mass is 10.1. The maximum absolute atomic E-state index is 12.2. The molecule has 0 aromatic heterocycles. The molecule has 1 heterocycles. The predicted octanol–water partition coefficient (Wildman–Crippen LogP) is 2.60. The van der Waals surface area contributed by atoms with Gasteiger partial charge in [-0.3, -0.25) is 4.79 Å². The van der Waals surface area contributed by atoms with Gasteiger partial charge in [0.1, 0.15) is 11.9 Å². The summed E-state index contributed by atoms with van der Waals surface area (Å²) in [6, 6.07) is 9.15. The molecule has 1 N–H and O–H groups in total. The van der Waals surface area contributed by atoms with Crippen molar-refractivity contribution in [3.8, 4) is 0 Å². The Morgan fingerprint density at radius 1 is 1.43 bits per heavy atom. The zero-order chi connectivity index (χ0) is 15.2. The van der Waals surface area contributed by atoms with Crippen molar-refractivity contribution in [2.45, 2.75) is 30.7 Å². The Bertz CT molecular complexity index is 494. The van der Waals surface area contributed by atoms with E-state index in [0.717, 1.165) is 12.0 Å². The van der Waals surface area contributed by atoms with Gasteiger partial charge in [0.2, 0.25) is 0 Å². The summed E-state index contributed by atoms with van der Waals surface area (Å²) in [5.41, 5.74) is 0.918. The fraction of sp³-hybridized carbons (Fsp3) is 0.467. The molecule has 5 nitrogen and oxygen atoms in total. The summed E-state index contributed by atoms with van der Waals surface area (Å²) in [5, 5.41) is 8.64. The highest BCUT2D eigenvalue weighted by Gasteiger charge is 2.38. The van der Waals surface area contributed by atoms with Crippen molar-refractivity contribution in [3.05, 3.63) is 35.9 Å². The highest BCUT2D eigenvalue weighted by molar-refractivity contribution is 8.00. The summed E-state index contributed by atoms with van der Waals surface area (Å²) in [6.07, 6.45) is 2.85. The number of amides is 1. The van der Waals surface area contributed by atoms with Crippen molar-refractivity contribution in [1.29, 1.82) is 0 Å². The second-order valence-corrected chi connectivity index (χ2v) is 5.92. The summed E-state index contributed by atoms with van der Waals surface area (Å²) in [5.74, 6) is -0.879. The maximum Gasteiger partial charge on any atom is 0.410 e. The number of hydrogen-bond acceptors (Lipinski definition) is 4. The Labute approximate surface area is 128 Å². The Morgan fingerprint density at radius 3 is 2.76 bits per heavy atom. The number of carbonyl (C=O) groups is 2. The topological polar surface area (TPSA) is 66.8 Å². The molecule has 2 rings (SSSR count). The second-order valence-electron chi connectivity index (χ2n) is 4.94. The van der Waals surface area contributed by atoms with E-state index in [1.807, 2.05) is 30.3 Å². The third-order valence-corrected chi connectivity index (χ3v) is 4.61. The van der Waals surface area contributed by atoms with Gasteiger partial charge < -0.3 is 14.7 Å². The van der Waals surface area contributed by atoms with E-state index < -0.39 is 17.3 Å². The second kappa shape index (κ2) is 7.36. The number of carbonyl (C=O) groups excluding carboxylic acids is 1. The van der Waals surface area contributed by atoms with Crippen LogP contribution in [-0.2, 0) is 16.1 Å². The number of hydrogen-bond donors (Lipinski definition) is 1. The van der Waals surface area contributed by atoms with Crippen LogP contribution in [0.3, 0.4) is 0 Å². The molecule has 0 aliphatic carbocycles. The van der Waals surface area contributed by atoms with Crippen LogP contribution in [0.4, 0.5) is 4.79 Å². The van der Waals surface area contributed by atoms with Gasteiger partial charge in [-0.1, -0.05) is 30.3 Å². The fourth-order valence-corrected chi connectivity index (χ4v) is 3.36. The summed E-state index contributed by atoms with van der Waals surface area (Å²) in [7, 11) is 0. The molecule has 6 heteroatoms. The van der Waals surface area contributed by atoms with Crippen LogP contribution in [0.15, 0.2) is 30.3 Å². The molecule has 1 saturated heterocycles. The van der Waals surface area contributed by atoms with Gasteiger partial charge in [0, 0.05) is 6.54 Å².